The van der Waals surface area contributed by atoms with Gasteiger partial charge in [0.25, 0.3) is 5.91 Å². The van der Waals surface area contributed by atoms with Gasteiger partial charge in [-0.1, -0.05) is 36.4 Å². The van der Waals surface area contributed by atoms with Crippen LogP contribution in [0.15, 0.2) is 71.7 Å². The van der Waals surface area contributed by atoms with E-state index in [1.165, 1.54) is 14.2 Å². The van der Waals surface area contributed by atoms with Crippen LogP contribution >= 0.6 is 0 Å². The average Bonchev–Trinajstić information content (AvgIpc) is 2.95. The van der Waals surface area contributed by atoms with Crippen molar-refractivity contribution in [3.63, 3.8) is 0 Å². The van der Waals surface area contributed by atoms with E-state index in [-0.39, 0.29) is 24.8 Å². The molecular formula is C29H34N4O6. The Morgan fingerprint density at radius 3 is 2.18 bits per heavy atom. The Hall–Kier alpha value is -4.73. The summed E-state index contributed by atoms with van der Waals surface area (Å²) < 4.78 is 21.2. The fourth-order valence-electron chi connectivity index (χ4n) is 3.93. The molecule has 0 spiro atoms. The first kappa shape index (κ1) is 28.8. The van der Waals surface area contributed by atoms with Crippen molar-refractivity contribution < 1.29 is 28.5 Å². The first-order valence-electron chi connectivity index (χ1n) is 12.2. The molecule has 0 aliphatic carbocycles. The summed E-state index contributed by atoms with van der Waals surface area (Å²) in [5.41, 5.74) is 8.42. The molecule has 3 aromatic rings. The van der Waals surface area contributed by atoms with E-state index in [0.29, 0.717) is 35.0 Å². The van der Waals surface area contributed by atoms with Gasteiger partial charge in [-0.2, -0.15) is 4.99 Å². The van der Waals surface area contributed by atoms with Gasteiger partial charge in [0.2, 0.25) is 5.91 Å². The van der Waals surface area contributed by atoms with Gasteiger partial charge in [-0.3, -0.25) is 9.59 Å². The maximum Gasteiger partial charge on any atom is 0.253 e. The topological polar surface area (TPSA) is 134 Å². The second kappa shape index (κ2) is 14.3. The molecule has 0 aromatic heterocycles. The first-order valence-corrected chi connectivity index (χ1v) is 12.2. The summed E-state index contributed by atoms with van der Waals surface area (Å²) in [4.78, 5) is 29.9. The molecule has 0 bridgehead atoms. The van der Waals surface area contributed by atoms with Crippen molar-refractivity contribution in [3.05, 3.63) is 83.4 Å². The molecule has 1 atom stereocenters. The molecule has 0 radical (unpaired) electrons. The van der Waals surface area contributed by atoms with E-state index in [1.54, 1.807) is 44.6 Å². The van der Waals surface area contributed by atoms with Crippen molar-refractivity contribution >= 4 is 17.8 Å². The number of nitrogens with zero attached hydrogens (tertiary/aromatic N) is 1. The third kappa shape index (κ3) is 8.39. The summed E-state index contributed by atoms with van der Waals surface area (Å²) in [6.45, 7) is 0.248. The average molecular weight is 535 g/mol. The molecule has 1 unspecified atom stereocenters. The number of carbonyl (C=O) groups is 2. The predicted octanol–water partition coefficient (Wildman–Crippen LogP) is 2.62. The maximum absolute atomic E-state index is 13.2. The normalized spacial score (nSPS) is 11.7. The lowest BCUT2D eigenvalue weighted by atomic mass is 10.1. The molecule has 10 heteroatoms. The van der Waals surface area contributed by atoms with Gasteiger partial charge in [-0.25, -0.2) is 0 Å². The quantitative estimate of drug-likeness (QED) is 0.239. The van der Waals surface area contributed by atoms with Crippen LogP contribution < -0.4 is 35.3 Å². The summed E-state index contributed by atoms with van der Waals surface area (Å²) >= 11 is 0. The number of nitrogens with one attached hydrogen (secondary N) is 2. The second-order valence-electron chi connectivity index (χ2n) is 8.54. The number of benzene rings is 3. The molecule has 2 amide bonds. The van der Waals surface area contributed by atoms with Gasteiger partial charge in [-0.15, -0.1) is 0 Å². The van der Waals surface area contributed by atoms with Gasteiger partial charge in [0, 0.05) is 18.5 Å². The van der Waals surface area contributed by atoms with Crippen molar-refractivity contribution in [2.75, 3.05) is 28.4 Å². The number of hydrogen-bond acceptors (Lipinski definition) is 6. The molecule has 0 fully saturated rings. The van der Waals surface area contributed by atoms with Crippen LogP contribution in [0.5, 0.6) is 23.0 Å². The smallest absolute Gasteiger partial charge is 0.253 e. The molecule has 0 saturated carbocycles. The number of nitrogens with two attached hydrogens (primary N) is 1. The zero-order valence-corrected chi connectivity index (χ0v) is 22.5. The van der Waals surface area contributed by atoms with Gasteiger partial charge in [-0.05, 0) is 41.5 Å². The molecule has 0 aliphatic rings. The Bertz CT molecular complexity index is 1300. The number of rotatable bonds is 12. The van der Waals surface area contributed by atoms with Crippen LogP contribution in [0.25, 0.3) is 0 Å². The van der Waals surface area contributed by atoms with Crippen LogP contribution in [-0.2, 0) is 29.0 Å². The summed E-state index contributed by atoms with van der Waals surface area (Å²) in [6.07, 6.45) is 0.268. The number of hydrogen-bond donors (Lipinski definition) is 3. The Morgan fingerprint density at radius 1 is 0.821 bits per heavy atom. The van der Waals surface area contributed by atoms with E-state index >= 15 is 0 Å². The van der Waals surface area contributed by atoms with E-state index in [9.17, 15) is 9.59 Å². The summed E-state index contributed by atoms with van der Waals surface area (Å²) in [5.74, 6) is 1.29. The molecular weight excluding hydrogens is 500 g/mol. The standard InChI is InChI=1S/C29H34N4O6/c1-36-22-11-13-24(37-2)21(16-22)17-27(34)33-29(30)32-23(14-19-8-6-5-7-9-19)28(35)31-18-20-10-12-25(38-3)26(15-20)39-4/h5-13,15-16,23H,14,17-18H2,1-4H3,(H,31,35)(H3,30,32,33,34). The minimum atomic E-state index is -0.782. The van der Waals surface area contributed by atoms with E-state index < -0.39 is 11.9 Å². The number of methoxy groups -OCH3 is 4. The summed E-state index contributed by atoms with van der Waals surface area (Å²) in [5, 5.41) is 5.82. The third-order valence-corrected chi connectivity index (χ3v) is 5.91. The zero-order valence-electron chi connectivity index (χ0n) is 22.5. The Balaban J connectivity index is 1.72. The van der Waals surface area contributed by atoms with Gasteiger partial charge in [0.15, 0.2) is 17.5 Å². The molecule has 3 rings (SSSR count). The van der Waals surface area contributed by atoms with E-state index in [4.69, 9.17) is 24.7 Å². The minimum Gasteiger partial charge on any atom is -0.497 e. The predicted molar refractivity (Wildman–Crippen MR) is 148 cm³/mol. The fraction of sp³-hybridized carbons (Fsp3) is 0.276. The molecule has 39 heavy (non-hydrogen) atoms. The van der Waals surface area contributed by atoms with Crippen LogP contribution in [0, 0.1) is 0 Å². The Morgan fingerprint density at radius 2 is 1.51 bits per heavy atom. The van der Waals surface area contributed by atoms with E-state index in [0.717, 1.165) is 11.1 Å². The Labute approximate surface area is 228 Å². The monoisotopic (exact) mass is 534 g/mol. The highest BCUT2D eigenvalue weighted by Gasteiger charge is 2.20. The van der Waals surface area contributed by atoms with Crippen molar-refractivity contribution in [1.29, 1.82) is 0 Å². The molecule has 10 nitrogen and oxygen atoms in total. The number of amides is 2. The largest absolute Gasteiger partial charge is 0.497 e. The number of aliphatic imine (C=N–C) groups is 1. The third-order valence-electron chi connectivity index (χ3n) is 5.91. The Kier molecular flexibility index (Phi) is 10.6. The van der Waals surface area contributed by atoms with Crippen molar-refractivity contribution in [3.8, 4) is 23.0 Å². The summed E-state index contributed by atoms with van der Waals surface area (Å²) in [6, 6.07) is 19.2. The highest BCUT2D eigenvalue weighted by Crippen LogP contribution is 2.27. The lowest BCUT2D eigenvalue weighted by molar-refractivity contribution is -0.123. The molecule has 0 saturated heterocycles. The number of carbonyl (C=O) groups excluding carboxylic acids is 2. The molecule has 0 heterocycles. The number of ether oxygens (including phenoxy) is 4. The van der Waals surface area contributed by atoms with Crippen LogP contribution in [0.1, 0.15) is 16.7 Å². The summed E-state index contributed by atoms with van der Waals surface area (Å²) in [7, 11) is 6.16. The molecule has 206 valence electrons. The fourth-order valence-corrected chi connectivity index (χ4v) is 3.93. The van der Waals surface area contributed by atoms with Gasteiger partial charge < -0.3 is 35.3 Å². The highest BCUT2D eigenvalue weighted by molar-refractivity contribution is 5.96. The van der Waals surface area contributed by atoms with Gasteiger partial charge in [0.1, 0.15) is 17.5 Å². The van der Waals surface area contributed by atoms with Gasteiger partial charge >= 0.3 is 0 Å². The lowest BCUT2D eigenvalue weighted by Crippen LogP contribution is -2.50. The van der Waals surface area contributed by atoms with Crippen LogP contribution in [0.4, 0.5) is 0 Å². The van der Waals surface area contributed by atoms with Crippen LogP contribution in [0.2, 0.25) is 0 Å². The molecule has 4 N–H and O–H groups in total. The van der Waals surface area contributed by atoms with Crippen molar-refractivity contribution in [2.24, 2.45) is 10.7 Å². The van der Waals surface area contributed by atoms with E-state index in [1.807, 2.05) is 36.4 Å². The molecule has 3 aromatic carbocycles. The van der Waals surface area contributed by atoms with Gasteiger partial charge in [0.05, 0.1) is 34.9 Å². The zero-order chi connectivity index (χ0) is 28.2. The van der Waals surface area contributed by atoms with Crippen molar-refractivity contribution in [1.82, 2.24) is 10.6 Å². The maximum atomic E-state index is 13.2. The van der Waals surface area contributed by atoms with Crippen molar-refractivity contribution in [2.45, 2.75) is 25.4 Å². The second-order valence-corrected chi connectivity index (χ2v) is 8.54. The van der Waals surface area contributed by atoms with Crippen LogP contribution in [-0.4, -0.2) is 52.3 Å². The highest BCUT2D eigenvalue weighted by atomic mass is 16.5. The van der Waals surface area contributed by atoms with E-state index in [2.05, 4.69) is 15.6 Å². The minimum absolute atomic E-state index is 0.0579. The first-order chi connectivity index (χ1) is 18.9. The lowest BCUT2D eigenvalue weighted by Gasteiger charge is -2.19. The molecule has 0 aliphatic heterocycles. The SMILES string of the molecule is COc1ccc(OC)c(CC(=O)N=C(N)NC(Cc2ccccc2)C(=O)NCc2ccc(OC)c(OC)c2)c1. The number of guanidine groups is 1. The van der Waals surface area contributed by atoms with Crippen LogP contribution in [0.3, 0.4) is 0 Å².